The van der Waals surface area contributed by atoms with Crippen molar-refractivity contribution < 1.29 is 35.3 Å². The third-order valence-corrected chi connectivity index (χ3v) is 7.17. The van der Waals surface area contributed by atoms with Crippen LogP contribution >= 0.6 is 8.60 Å². The third-order valence-electron chi connectivity index (χ3n) is 6.09. The smallest absolute Gasteiger partial charge is 0.409 e. The van der Waals surface area contributed by atoms with Crippen molar-refractivity contribution in [1.29, 1.82) is 0 Å². The molecule has 0 bridgehead atoms. The summed E-state index contributed by atoms with van der Waals surface area (Å²) in [5, 5.41) is 0. The van der Waals surface area contributed by atoms with E-state index in [4.69, 9.17) is 18.2 Å². The molecular formula is C49H43FeO4PSn. The quantitative estimate of drug-likeness (QED) is 0.0723. The summed E-state index contributed by atoms with van der Waals surface area (Å²) in [5.41, 5.74) is 1.32. The van der Waals surface area contributed by atoms with E-state index in [1.54, 1.807) is 0 Å². The topological polar surface area (TPSA) is 47.6 Å². The molecule has 0 aliphatic rings. The van der Waals surface area contributed by atoms with Gasteiger partial charge in [-0.3, -0.25) is 0 Å². The number of hydrogen-bond donors (Lipinski definition) is 0. The molecule has 0 aliphatic carbocycles. The summed E-state index contributed by atoms with van der Waals surface area (Å²) in [4.78, 5) is 0. The summed E-state index contributed by atoms with van der Waals surface area (Å²) in [5.74, 6) is 2.13. The fourth-order valence-electron chi connectivity index (χ4n) is 3.64. The van der Waals surface area contributed by atoms with Crippen LogP contribution in [0.1, 0.15) is 5.56 Å². The van der Waals surface area contributed by atoms with E-state index in [0.717, 1.165) is 0 Å². The number of hydrogen-bond acceptors (Lipinski definition) is 3. The van der Waals surface area contributed by atoms with E-state index in [0.29, 0.717) is 17.2 Å². The van der Waals surface area contributed by atoms with Gasteiger partial charge in [-0.2, -0.15) is 127 Å². The van der Waals surface area contributed by atoms with Crippen molar-refractivity contribution in [2.45, 2.75) is 6.92 Å². The Morgan fingerprint density at radius 1 is 0.411 bits per heavy atom. The van der Waals surface area contributed by atoms with E-state index in [1.165, 1.54) is 5.56 Å². The molecule has 280 valence electrons. The molecule has 0 aromatic heterocycles. The number of aryl methyl sites for hydroxylation is 1. The molecule has 0 amide bonds. The Morgan fingerprint density at radius 3 is 0.821 bits per heavy atom. The molecule has 0 atom stereocenters. The van der Waals surface area contributed by atoms with Gasteiger partial charge >= 0.3 is 60.9 Å². The Labute approximate surface area is 362 Å². The second-order valence-electron chi connectivity index (χ2n) is 10.3. The van der Waals surface area contributed by atoms with Crippen LogP contribution in [0.5, 0.6) is 17.2 Å². The van der Waals surface area contributed by atoms with Crippen molar-refractivity contribution in [3.05, 3.63) is 273 Å². The van der Waals surface area contributed by atoms with Crippen LogP contribution in [0.4, 0.5) is 0 Å². The van der Waals surface area contributed by atoms with Gasteiger partial charge in [0.2, 0.25) is 0 Å². The van der Waals surface area contributed by atoms with Crippen molar-refractivity contribution in [2.24, 2.45) is 0 Å². The molecule has 0 unspecified atom stereocenters. The minimum absolute atomic E-state index is 0. The van der Waals surface area contributed by atoms with Gasteiger partial charge in [0.25, 0.3) is 0 Å². The third kappa shape index (κ3) is 29.2. The van der Waals surface area contributed by atoms with Crippen molar-refractivity contribution >= 4 is 32.5 Å². The molecule has 0 N–H and O–H groups in total. The molecule has 7 heteroatoms. The average Bonchev–Trinajstić information content (AvgIpc) is 3.87. The molecule has 0 spiro atoms. The van der Waals surface area contributed by atoms with Crippen molar-refractivity contribution in [1.82, 2.24) is 0 Å². The zero-order valence-electron chi connectivity index (χ0n) is 31.0. The first-order chi connectivity index (χ1) is 26.8. The van der Waals surface area contributed by atoms with Gasteiger partial charge in [0.1, 0.15) is 17.2 Å². The summed E-state index contributed by atoms with van der Waals surface area (Å²) in [6.45, 7) is 6.58. The number of rotatable bonds is 6. The van der Waals surface area contributed by atoms with Crippen molar-refractivity contribution in [2.75, 3.05) is 0 Å². The monoisotopic (exact) mass is 902 g/mol. The van der Waals surface area contributed by atoms with Crippen molar-refractivity contribution in [3.8, 4) is 17.2 Å². The van der Waals surface area contributed by atoms with Gasteiger partial charge in [-0.1, -0.05) is 90.5 Å². The Kier molecular flexibility index (Phi) is 34.5. The maximum atomic E-state index is 7.50. The van der Waals surface area contributed by atoms with E-state index in [2.05, 4.69) is 43.9 Å². The number of para-hydroxylation sites is 3. The molecule has 0 saturated carbocycles. The first kappa shape index (κ1) is 50.8. The standard InChI is InChI=1S/C18H15O3P.C7H8.3C6H5.C5H5.CO.Fe.Sn/c1-4-10-16(11-5-1)19-22(20-17-12-6-2-7-13-17)21-18-14-8-3-9-15-18;1-7-5-3-2-4-6-7;3*1-2-4-6-5-3-1;1-2-4-5-3-1;1-2;;/h1-15H;2-6H,1H3;3*1-5H;1-5H;;;/q;;4*-1;;2*+2. The van der Waals surface area contributed by atoms with E-state index >= 15 is 0 Å². The predicted octanol–water partition coefficient (Wildman–Crippen LogP) is 12.9. The van der Waals surface area contributed by atoms with Gasteiger partial charge in [0.15, 0.2) is 0 Å². The zero-order valence-corrected chi connectivity index (χ0v) is 35.9. The Balaban J connectivity index is 0.000000729. The molecule has 0 heterocycles. The van der Waals surface area contributed by atoms with Gasteiger partial charge in [0.05, 0.1) is 0 Å². The van der Waals surface area contributed by atoms with Crippen LogP contribution in [0.25, 0.3) is 0 Å². The van der Waals surface area contributed by atoms with Crippen LogP contribution in [0.15, 0.2) is 243 Å². The second kappa shape index (κ2) is 38.1. The maximum Gasteiger partial charge on any atom is 2.00 e. The number of benzene rings is 7. The van der Waals surface area contributed by atoms with Gasteiger partial charge in [-0.15, -0.1) is 0 Å². The Morgan fingerprint density at radius 2 is 0.661 bits per heavy atom. The summed E-state index contributed by atoms with van der Waals surface area (Å²) >= 11 is 0. The van der Waals surface area contributed by atoms with Crippen LogP contribution in [-0.4, -0.2) is 23.9 Å². The van der Waals surface area contributed by atoms with E-state index in [-0.39, 0.29) is 41.0 Å². The van der Waals surface area contributed by atoms with Gasteiger partial charge in [0, 0.05) is 0 Å². The molecule has 2 radical (unpaired) electrons. The fraction of sp³-hybridized carbons (Fsp3) is 0.0204. The molecule has 0 saturated heterocycles. The van der Waals surface area contributed by atoms with Crippen LogP contribution in [0, 0.1) is 31.8 Å². The second-order valence-corrected chi connectivity index (χ2v) is 11.3. The van der Waals surface area contributed by atoms with E-state index in [9.17, 15) is 0 Å². The van der Waals surface area contributed by atoms with Gasteiger partial charge in [-0.25, -0.2) is 12.1 Å². The summed E-state index contributed by atoms with van der Waals surface area (Å²) in [7, 11) is -1.59. The molecule has 0 fully saturated rings. The van der Waals surface area contributed by atoms with Gasteiger partial charge < -0.3 is 13.6 Å². The van der Waals surface area contributed by atoms with E-state index in [1.807, 2.05) is 231 Å². The fourth-order valence-corrected chi connectivity index (χ4v) is 4.63. The first-order valence-corrected chi connectivity index (χ1v) is 18.0. The molecule has 4 nitrogen and oxygen atoms in total. The molecular weight excluding hydrogens is 858 g/mol. The first-order valence-electron chi connectivity index (χ1n) is 16.9. The SMILES string of the molecule is Cc1ccccc1.[C-]#[O+].[Fe+2].[Sn+2].[c-]1ccccc1.[c-]1ccccc1.[c-]1ccccc1.c1cc[cH-]c1.c1ccc(OP(Oc2ccccc2)Oc2ccccc2)cc1. The minimum atomic E-state index is -1.59. The zero-order chi connectivity index (χ0) is 38.4. The van der Waals surface area contributed by atoms with Crippen molar-refractivity contribution in [3.63, 3.8) is 0 Å². The van der Waals surface area contributed by atoms with Crippen LogP contribution in [0.3, 0.4) is 0 Å². The molecule has 8 aromatic carbocycles. The summed E-state index contributed by atoms with van der Waals surface area (Å²) in [6.07, 6.45) is 0. The molecule has 8 rings (SSSR count). The Hall–Kier alpha value is -5.22. The minimum Gasteiger partial charge on any atom is -0.409 e. The van der Waals surface area contributed by atoms with Crippen LogP contribution in [0.2, 0.25) is 0 Å². The van der Waals surface area contributed by atoms with Crippen LogP contribution < -0.4 is 13.6 Å². The predicted molar refractivity (Wildman–Crippen MR) is 227 cm³/mol. The molecule has 0 aliphatic heterocycles. The maximum absolute atomic E-state index is 7.50. The molecule has 8 aromatic rings. The molecule has 56 heavy (non-hydrogen) atoms. The van der Waals surface area contributed by atoms with Crippen LogP contribution in [-0.2, 0) is 21.7 Å². The summed E-state index contributed by atoms with van der Waals surface area (Å²) < 4.78 is 25.0. The largest absolute Gasteiger partial charge is 2.00 e. The Bertz CT molecular complexity index is 1620. The van der Waals surface area contributed by atoms with E-state index < -0.39 is 8.60 Å². The normalized spacial score (nSPS) is 8.43. The average molecular weight is 901 g/mol. The van der Waals surface area contributed by atoms with Gasteiger partial charge in [-0.05, 0) is 43.3 Å². The summed E-state index contributed by atoms with van der Waals surface area (Å²) in [6, 6.07) is 86.3.